The number of benzene rings is 1. The third-order valence-corrected chi connectivity index (χ3v) is 3.56. The molecular formula is C15H21N3O. The minimum absolute atomic E-state index is 0.270. The fourth-order valence-corrected chi connectivity index (χ4v) is 2.68. The summed E-state index contributed by atoms with van der Waals surface area (Å²) in [6.45, 7) is 7.66. The summed E-state index contributed by atoms with van der Waals surface area (Å²) in [5.41, 5.74) is 1.87. The van der Waals surface area contributed by atoms with Crippen LogP contribution in [0.15, 0.2) is 24.3 Å². The molecule has 1 heterocycles. The maximum absolute atomic E-state index is 9.45. The molecule has 1 aromatic carbocycles. The topological polar surface area (TPSA) is 50.5 Å². The van der Waals surface area contributed by atoms with Gasteiger partial charge in [-0.1, -0.05) is 0 Å². The Balaban J connectivity index is 2.01. The number of hydrogen-bond donors (Lipinski definition) is 1. The molecule has 0 unspecified atom stereocenters. The fraction of sp³-hybridized carbons (Fsp3) is 0.533. The molecule has 0 amide bonds. The maximum atomic E-state index is 9.45. The van der Waals surface area contributed by atoms with E-state index >= 15 is 0 Å². The largest absolute Gasteiger partial charge is 0.392 e. The second-order valence-corrected chi connectivity index (χ2v) is 5.31. The highest BCUT2D eigenvalue weighted by Crippen LogP contribution is 2.21. The molecule has 1 aliphatic heterocycles. The Morgan fingerprint density at radius 2 is 2.05 bits per heavy atom. The van der Waals surface area contributed by atoms with Crippen LogP contribution in [-0.2, 0) is 0 Å². The molecule has 1 saturated heterocycles. The Bertz CT molecular complexity index is 449. The van der Waals surface area contributed by atoms with E-state index in [0.29, 0.717) is 11.6 Å². The van der Waals surface area contributed by atoms with Crippen LogP contribution < -0.4 is 4.90 Å². The van der Waals surface area contributed by atoms with Gasteiger partial charge in [-0.15, -0.1) is 0 Å². The van der Waals surface area contributed by atoms with Gasteiger partial charge in [0, 0.05) is 37.9 Å². The first kappa shape index (κ1) is 13.9. The number of β-amino-alcohol motifs (C(OH)–C–C–N with tert-alkyl or cyclic N) is 1. The highest BCUT2D eigenvalue weighted by molar-refractivity contribution is 5.50. The third-order valence-electron chi connectivity index (χ3n) is 3.56. The van der Waals surface area contributed by atoms with Gasteiger partial charge in [-0.3, -0.25) is 4.90 Å². The molecule has 0 saturated carbocycles. The van der Waals surface area contributed by atoms with E-state index in [1.165, 1.54) is 5.69 Å². The van der Waals surface area contributed by atoms with Gasteiger partial charge in [-0.2, -0.15) is 5.26 Å². The monoisotopic (exact) mass is 259 g/mol. The molecule has 0 spiro atoms. The SMILES string of the molecule is C[C@H](O)CN1CCN(c2ccc(C#N)cc2)[C@H](C)C1. The quantitative estimate of drug-likeness (QED) is 0.892. The summed E-state index contributed by atoms with van der Waals surface area (Å²) in [5.74, 6) is 0. The number of aliphatic hydroxyl groups excluding tert-OH is 1. The van der Waals surface area contributed by atoms with E-state index < -0.39 is 0 Å². The molecule has 2 rings (SSSR count). The minimum Gasteiger partial charge on any atom is -0.392 e. The van der Waals surface area contributed by atoms with Crippen LogP contribution >= 0.6 is 0 Å². The number of piperazine rings is 1. The van der Waals surface area contributed by atoms with E-state index in [-0.39, 0.29) is 6.10 Å². The van der Waals surface area contributed by atoms with Crippen LogP contribution in [-0.4, -0.2) is 48.3 Å². The molecule has 19 heavy (non-hydrogen) atoms. The highest BCUT2D eigenvalue weighted by atomic mass is 16.3. The van der Waals surface area contributed by atoms with Gasteiger partial charge in [-0.25, -0.2) is 0 Å². The van der Waals surface area contributed by atoms with Gasteiger partial charge in [0.1, 0.15) is 0 Å². The van der Waals surface area contributed by atoms with E-state index in [4.69, 9.17) is 5.26 Å². The molecule has 1 aliphatic rings. The van der Waals surface area contributed by atoms with Gasteiger partial charge in [-0.05, 0) is 38.1 Å². The van der Waals surface area contributed by atoms with Crippen LogP contribution in [0, 0.1) is 11.3 Å². The zero-order valence-electron chi connectivity index (χ0n) is 11.6. The molecule has 1 aromatic rings. The molecule has 2 atom stereocenters. The lowest BCUT2D eigenvalue weighted by molar-refractivity contribution is 0.115. The summed E-state index contributed by atoms with van der Waals surface area (Å²) in [6.07, 6.45) is -0.270. The van der Waals surface area contributed by atoms with Crippen molar-refractivity contribution in [2.75, 3.05) is 31.1 Å². The van der Waals surface area contributed by atoms with E-state index in [0.717, 1.165) is 26.2 Å². The molecule has 0 aromatic heterocycles. The summed E-state index contributed by atoms with van der Waals surface area (Å²) >= 11 is 0. The van der Waals surface area contributed by atoms with Crippen molar-refractivity contribution in [1.29, 1.82) is 5.26 Å². The van der Waals surface area contributed by atoms with Gasteiger partial charge in [0.25, 0.3) is 0 Å². The predicted molar refractivity (Wildman–Crippen MR) is 76.1 cm³/mol. The Hall–Kier alpha value is -1.57. The summed E-state index contributed by atoms with van der Waals surface area (Å²) < 4.78 is 0. The second-order valence-electron chi connectivity index (χ2n) is 5.31. The molecular weight excluding hydrogens is 238 g/mol. The first-order chi connectivity index (χ1) is 9.10. The average molecular weight is 259 g/mol. The van der Waals surface area contributed by atoms with E-state index in [9.17, 15) is 5.11 Å². The number of rotatable bonds is 3. The first-order valence-electron chi connectivity index (χ1n) is 6.77. The maximum Gasteiger partial charge on any atom is 0.0991 e. The lowest BCUT2D eigenvalue weighted by Crippen LogP contribution is -2.53. The zero-order chi connectivity index (χ0) is 13.8. The van der Waals surface area contributed by atoms with E-state index in [1.54, 1.807) is 0 Å². The van der Waals surface area contributed by atoms with Crippen LogP contribution in [0.2, 0.25) is 0 Å². The number of nitriles is 1. The van der Waals surface area contributed by atoms with Gasteiger partial charge in [0.15, 0.2) is 0 Å². The van der Waals surface area contributed by atoms with Crippen LogP contribution in [0.4, 0.5) is 5.69 Å². The standard InChI is InChI=1S/C15H21N3O/c1-12-10-17(11-13(2)19)7-8-18(12)15-5-3-14(9-16)4-6-15/h3-6,12-13,19H,7-8,10-11H2,1-2H3/t12-,13+/m1/s1. The Morgan fingerprint density at radius 1 is 1.37 bits per heavy atom. The summed E-state index contributed by atoms with van der Waals surface area (Å²) in [4.78, 5) is 4.66. The molecule has 4 nitrogen and oxygen atoms in total. The van der Waals surface area contributed by atoms with Gasteiger partial charge in [0.2, 0.25) is 0 Å². The lowest BCUT2D eigenvalue weighted by Gasteiger charge is -2.41. The zero-order valence-corrected chi connectivity index (χ0v) is 11.6. The molecule has 1 fully saturated rings. The normalized spacial score (nSPS) is 22.0. The summed E-state index contributed by atoms with van der Waals surface area (Å²) in [7, 11) is 0. The molecule has 0 radical (unpaired) electrons. The number of anilines is 1. The highest BCUT2D eigenvalue weighted by Gasteiger charge is 2.24. The number of hydrogen-bond acceptors (Lipinski definition) is 4. The van der Waals surface area contributed by atoms with Crippen molar-refractivity contribution in [1.82, 2.24) is 4.90 Å². The average Bonchev–Trinajstić information content (AvgIpc) is 2.38. The Morgan fingerprint density at radius 3 is 2.58 bits per heavy atom. The summed E-state index contributed by atoms with van der Waals surface area (Å²) in [5, 5.41) is 18.3. The minimum atomic E-state index is -0.270. The van der Waals surface area contributed by atoms with Crippen LogP contribution in [0.25, 0.3) is 0 Å². The fourth-order valence-electron chi connectivity index (χ4n) is 2.68. The Labute approximate surface area is 114 Å². The van der Waals surface area contributed by atoms with Crippen molar-refractivity contribution in [3.05, 3.63) is 29.8 Å². The molecule has 1 N–H and O–H groups in total. The smallest absolute Gasteiger partial charge is 0.0991 e. The number of nitrogens with zero attached hydrogens (tertiary/aromatic N) is 3. The molecule has 0 bridgehead atoms. The lowest BCUT2D eigenvalue weighted by atomic mass is 10.1. The predicted octanol–water partition coefficient (Wildman–Crippen LogP) is 1.45. The summed E-state index contributed by atoms with van der Waals surface area (Å²) in [6, 6.07) is 10.3. The van der Waals surface area contributed by atoms with Crippen LogP contribution in [0.3, 0.4) is 0 Å². The first-order valence-corrected chi connectivity index (χ1v) is 6.77. The van der Waals surface area contributed by atoms with Crippen LogP contribution in [0.5, 0.6) is 0 Å². The Kier molecular flexibility index (Phi) is 4.41. The van der Waals surface area contributed by atoms with Crippen molar-refractivity contribution in [2.45, 2.75) is 26.0 Å². The van der Waals surface area contributed by atoms with Crippen LogP contribution in [0.1, 0.15) is 19.4 Å². The third kappa shape index (κ3) is 3.46. The van der Waals surface area contributed by atoms with Crippen molar-refractivity contribution in [2.24, 2.45) is 0 Å². The second kappa shape index (κ2) is 6.05. The molecule has 0 aliphatic carbocycles. The van der Waals surface area contributed by atoms with E-state index in [1.807, 2.05) is 31.2 Å². The molecule has 4 heteroatoms. The molecule has 102 valence electrons. The van der Waals surface area contributed by atoms with Gasteiger partial charge < -0.3 is 10.0 Å². The van der Waals surface area contributed by atoms with Crippen molar-refractivity contribution in [3.63, 3.8) is 0 Å². The van der Waals surface area contributed by atoms with Crippen molar-refractivity contribution >= 4 is 5.69 Å². The van der Waals surface area contributed by atoms with Crippen molar-refractivity contribution < 1.29 is 5.11 Å². The van der Waals surface area contributed by atoms with Gasteiger partial charge in [0.05, 0.1) is 17.7 Å². The van der Waals surface area contributed by atoms with Crippen molar-refractivity contribution in [3.8, 4) is 6.07 Å². The van der Waals surface area contributed by atoms with E-state index in [2.05, 4.69) is 22.8 Å². The van der Waals surface area contributed by atoms with Gasteiger partial charge >= 0.3 is 0 Å². The number of aliphatic hydroxyl groups is 1.